The molecule has 82 valence electrons. The summed E-state index contributed by atoms with van der Waals surface area (Å²) in [5.74, 6) is -0.352. The normalized spacial score (nSPS) is 27.5. The van der Waals surface area contributed by atoms with Crippen molar-refractivity contribution >= 4 is 5.91 Å². The number of rotatable bonds is 5. The average molecular weight is 201 g/mol. The lowest BCUT2D eigenvalue weighted by molar-refractivity contribution is -0.151. The molecule has 1 aliphatic heterocycles. The highest BCUT2D eigenvalue weighted by Crippen LogP contribution is 2.29. The van der Waals surface area contributed by atoms with E-state index in [1.165, 1.54) is 0 Å². The Bertz CT molecular complexity index is 188. The van der Waals surface area contributed by atoms with Gasteiger partial charge in [0.15, 0.2) is 0 Å². The van der Waals surface area contributed by atoms with Gasteiger partial charge in [-0.1, -0.05) is 0 Å². The van der Waals surface area contributed by atoms with E-state index in [1.54, 1.807) is 0 Å². The van der Waals surface area contributed by atoms with Crippen molar-refractivity contribution in [3.05, 3.63) is 0 Å². The maximum atomic E-state index is 11.3. The lowest BCUT2D eigenvalue weighted by Crippen LogP contribution is -2.48. The zero-order valence-electron chi connectivity index (χ0n) is 8.50. The average Bonchev–Trinajstić information content (AvgIpc) is 2.19. The second-order valence-electron chi connectivity index (χ2n) is 3.84. The molecule has 4 heteroatoms. The third-order valence-corrected chi connectivity index (χ3v) is 2.79. The quantitative estimate of drug-likeness (QED) is 0.639. The molecule has 0 aliphatic carbocycles. The highest BCUT2D eigenvalue weighted by molar-refractivity contribution is 5.83. The van der Waals surface area contributed by atoms with Gasteiger partial charge in [0.05, 0.1) is 0 Å². The van der Waals surface area contributed by atoms with Gasteiger partial charge in [0.1, 0.15) is 5.60 Å². The molecule has 0 saturated carbocycles. The van der Waals surface area contributed by atoms with E-state index in [2.05, 4.69) is 0 Å². The molecule has 0 aromatic rings. The van der Waals surface area contributed by atoms with E-state index in [0.29, 0.717) is 19.4 Å². The number of ether oxygens (including phenoxy) is 1. The van der Waals surface area contributed by atoms with E-state index in [4.69, 9.17) is 15.6 Å². The van der Waals surface area contributed by atoms with Crippen LogP contribution in [0.4, 0.5) is 0 Å². The first-order chi connectivity index (χ1) is 6.71. The summed E-state index contributed by atoms with van der Waals surface area (Å²) in [6, 6.07) is 0. The fraction of sp³-hybridized carbons (Fsp3) is 0.900. The monoisotopic (exact) mass is 201 g/mol. The number of hydrogen-bond acceptors (Lipinski definition) is 3. The van der Waals surface area contributed by atoms with Crippen molar-refractivity contribution < 1.29 is 14.6 Å². The summed E-state index contributed by atoms with van der Waals surface area (Å²) in [5, 5.41) is 8.66. The molecular formula is C10H19NO3. The van der Waals surface area contributed by atoms with Crippen LogP contribution in [-0.2, 0) is 9.53 Å². The van der Waals surface area contributed by atoms with Gasteiger partial charge in [-0.3, -0.25) is 4.79 Å². The second kappa shape index (κ2) is 5.32. The standard InChI is InChI=1S/C10H19NO3/c11-9(13)10(5-1-3-7-12)6-2-4-8-14-10/h12H,1-8H2,(H2,11,13). The summed E-state index contributed by atoms with van der Waals surface area (Å²) >= 11 is 0. The molecule has 1 amide bonds. The third kappa shape index (κ3) is 2.69. The molecular weight excluding hydrogens is 182 g/mol. The second-order valence-corrected chi connectivity index (χ2v) is 3.84. The summed E-state index contributed by atoms with van der Waals surface area (Å²) in [5.41, 5.74) is 4.62. The number of primary amides is 1. The van der Waals surface area contributed by atoms with Gasteiger partial charge >= 0.3 is 0 Å². The van der Waals surface area contributed by atoms with Crippen molar-refractivity contribution in [3.63, 3.8) is 0 Å². The van der Waals surface area contributed by atoms with Gasteiger partial charge in [0, 0.05) is 13.2 Å². The molecule has 0 spiro atoms. The van der Waals surface area contributed by atoms with Crippen LogP contribution in [0.5, 0.6) is 0 Å². The number of carbonyl (C=O) groups is 1. The summed E-state index contributed by atoms with van der Waals surface area (Å²) in [4.78, 5) is 11.3. The highest BCUT2D eigenvalue weighted by Gasteiger charge is 2.38. The summed E-state index contributed by atoms with van der Waals surface area (Å²) in [6.45, 7) is 0.789. The van der Waals surface area contributed by atoms with Gasteiger partial charge in [-0.15, -0.1) is 0 Å². The fourth-order valence-corrected chi connectivity index (χ4v) is 1.89. The maximum Gasteiger partial charge on any atom is 0.249 e. The molecule has 1 rings (SSSR count). The van der Waals surface area contributed by atoms with Gasteiger partial charge in [-0.05, 0) is 38.5 Å². The number of carbonyl (C=O) groups excluding carboxylic acids is 1. The molecule has 3 N–H and O–H groups in total. The van der Waals surface area contributed by atoms with Gasteiger partial charge in [-0.2, -0.15) is 0 Å². The van der Waals surface area contributed by atoms with Crippen molar-refractivity contribution in [1.82, 2.24) is 0 Å². The summed E-state index contributed by atoms with van der Waals surface area (Å²) in [6.07, 6.45) is 4.88. The number of nitrogens with two attached hydrogens (primary N) is 1. The molecule has 0 aromatic heterocycles. The Labute approximate surface area is 84.4 Å². The molecule has 0 aromatic carbocycles. The van der Waals surface area contributed by atoms with E-state index in [1.807, 2.05) is 0 Å². The first kappa shape index (κ1) is 11.5. The highest BCUT2D eigenvalue weighted by atomic mass is 16.5. The molecule has 14 heavy (non-hydrogen) atoms. The number of hydrogen-bond donors (Lipinski definition) is 2. The minimum Gasteiger partial charge on any atom is -0.396 e. The van der Waals surface area contributed by atoms with Gasteiger partial charge < -0.3 is 15.6 Å². The SMILES string of the molecule is NC(=O)C1(CCCCO)CCCCO1. The van der Waals surface area contributed by atoms with Crippen LogP contribution in [0.2, 0.25) is 0 Å². The lowest BCUT2D eigenvalue weighted by Gasteiger charge is -2.34. The van der Waals surface area contributed by atoms with Crippen LogP contribution >= 0.6 is 0 Å². The van der Waals surface area contributed by atoms with Crippen LogP contribution in [0, 0.1) is 0 Å². The van der Waals surface area contributed by atoms with Crippen LogP contribution in [0.25, 0.3) is 0 Å². The van der Waals surface area contributed by atoms with Crippen molar-refractivity contribution in [2.24, 2.45) is 5.73 Å². The molecule has 4 nitrogen and oxygen atoms in total. The minimum atomic E-state index is -0.743. The van der Waals surface area contributed by atoms with Crippen LogP contribution in [0.15, 0.2) is 0 Å². The third-order valence-electron chi connectivity index (χ3n) is 2.79. The molecule has 1 saturated heterocycles. The maximum absolute atomic E-state index is 11.3. The van der Waals surface area contributed by atoms with Crippen LogP contribution in [0.3, 0.4) is 0 Å². The Hall–Kier alpha value is -0.610. The van der Waals surface area contributed by atoms with Gasteiger partial charge in [0.25, 0.3) is 0 Å². The number of amides is 1. The first-order valence-corrected chi connectivity index (χ1v) is 5.26. The Morgan fingerprint density at radius 1 is 1.43 bits per heavy atom. The summed E-state index contributed by atoms with van der Waals surface area (Å²) in [7, 11) is 0. The fourth-order valence-electron chi connectivity index (χ4n) is 1.89. The smallest absolute Gasteiger partial charge is 0.249 e. The van der Waals surface area contributed by atoms with Crippen molar-refractivity contribution in [3.8, 4) is 0 Å². The molecule has 1 aliphatic rings. The zero-order valence-corrected chi connectivity index (χ0v) is 8.50. The predicted molar refractivity (Wildman–Crippen MR) is 52.7 cm³/mol. The van der Waals surface area contributed by atoms with E-state index >= 15 is 0 Å². The van der Waals surface area contributed by atoms with Crippen molar-refractivity contribution in [2.45, 2.75) is 44.1 Å². The van der Waals surface area contributed by atoms with E-state index in [-0.39, 0.29) is 12.5 Å². The molecule has 0 bridgehead atoms. The van der Waals surface area contributed by atoms with Crippen molar-refractivity contribution in [2.75, 3.05) is 13.2 Å². The Morgan fingerprint density at radius 3 is 2.71 bits per heavy atom. The molecule has 1 fully saturated rings. The van der Waals surface area contributed by atoms with E-state index in [0.717, 1.165) is 25.7 Å². The van der Waals surface area contributed by atoms with Gasteiger partial charge in [-0.25, -0.2) is 0 Å². The Kier molecular flexibility index (Phi) is 4.35. The number of aliphatic hydroxyl groups excluding tert-OH is 1. The van der Waals surface area contributed by atoms with Crippen LogP contribution in [0.1, 0.15) is 38.5 Å². The number of unbranched alkanes of at least 4 members (excludes halogenated alkanes) is 1. The molecule has 1 heterocycles. The Balaban J connectivity index is 2.47. The van der Waals surface area contributed by atoms with E-state index in [9.17, 15) is 4.79 Å². The van der Waals surface area contributed by atoms with E-state index < -0.39 is 5.60 Å². The Morgan fingerprint density at radius 2 is 2.21 bits per heavy atom. The summed E-state index contributed by atoms with van der Waals surface area (Å²) < 4.78 is 5.52. The topological polar surface area (TPSA) is 72.6 Å². The molecule has 1 unspecified atom stereocenters. The van der Waals surface area contributed by atoms with Gasteiger partial charge in [0.2, 0.25) is 5.91 Å². The van der Waals surface area contributed by atoms with Crippen LogP contribution in [-0.4, -0.2) is 29.8 Å². The largest absolute Gasteiger partial charge is 0.396 e. The number of aliphatic hydroxyl groups is 1. The van der Waals surface area contributed by atoms with Crippen molar-refractivity contribution in [1.29, 1.82) is 0 Å². The van der Waals surface area contributed by atoms with Crippen LogP contribution < -0.4 is 5.73 Å². The predicted octanol–water partition coefficient (Wildman–Crippen LogP) is 0.574. The zero-order chi connectivity index (χ0) is 10.4. The molecule has 0 radical (unpaired) electrons. The first-order valence-electron chi connectivity index (χ1n) is 5.26. The lowest BCUT2D eigenvalue weighted by atomic mass is 9.88. The minimum absolute atomic E-state index is 0.162. The molecule has 1 atom stereocenters.